The molecule has 1 aromatic carbocycles. The number of fused-ring (bicyclic) bond motifs is 1. The molecular weight excluding hydrogens is 410 g/mol. The van der Waals surface area contributed by atoms with Crippen LogP contribution in [-0.2, 0) is 22.7 Å². The van der Waals surface area contributed by atoms with Gasteiger partial charge in [-0.3, -0.25) is 4.90 Å². The lowest BCUT2D eigenvalue weighted by atomic mass is 10.2. The Morgan fingerprint density at radius 3 is 2.52 bits per heavy atom. The molecule has 0 N–H and O–H groups in total. The largest absolute Gasteiger partial charge is 0.379 e. The Morgan fingerprint density at radius 2 is 1.83 bits per heavy atom. The van der Waals surface area contributed by atoms with Gasteiger partial charge >= 0.3 is 11.6 Å². The summed E-state index contributed by atoms with van der Waals surface area (Å²) in [6.45, 7) is 6.87. The first-order valence-electron chi connectivity index (χ1n) is 9.59. The molecule has 6 nitrogen and oxygen atoms in total. The summed E-state index contributed by atoms with van der Waals surface area (Å²) in [6, 6.07) is 14.8. The molecule has 1 aliphatic rings. The van der Waals surface area contributed by atoms with Crippen molar-refractivity contribution in [2.24, 2.45) is 0 Å². The van der Waals surface area contributed by atoms with E-state index in [1.807, 2.05) is 13.0 Å². The molecule has 3 aromatic rings. The van der Waals surface area contributed by atoms with Crippen LogP contribution in [0, 0.1) is 6.92 Å². The molecule has 4 rings (SSSR count). The van der Waals surface area contributed by atoms with Gasteiger partial charge in [0.2, 0.25) is 0 Å². The third-order valence-corrected chi connectivity index (χ3v) is 5.27. The van der Waals surface area contributed by atoms with Gasteiger partial charge in [0.25, 0.3) is 0 Å². The van der Waals surface area contributed by atoms with Crippen LogP contribution < -0.4 is 0 Å². The minimum Gasteiger partial charge on any atom is -0.379 e. The number of hydrogen-bond donors (Lipinski definition) is 0. The first-order valence-corrected chi connectivity index (χ1v) is 10.6. The summed E-state index contributed by atoms with van der Waals surface area (Å²) in [7, 11) is 0. The average Bonchev–Trinajstić information content (AvgIpc) is 3.08. The number of halogens is 1. The van der Waals surface area contributed by atoms with Gasteiger partial charge in [-0.2, -0.15) is 8.42 Å². The number of hydrogen-bond acceptors (Lipinski definition) is 5. The number of benzene rings is 1. The zero-order valence-corrected chi connectivity index (χ0v) is 17.9. The Morgan fingerprint density at radius 1 is 1.14 bits per heavy atom. The molecule has 0 bridgehead atoms. The van der Waals surface area contributed by atoms with Crippen molar-refractivity contribution in [3.8, 4) is 5.69 Å². The molecule has 0 radical (unpaired) electrons. The van der Waals surface area contributed by atoms with Gasteiger partial charge < -0.3 is 9.30 Å². The highest BCUT2D eigenvalue weighted by Crippen LogP contribution is 2.30. The number of nitrogens with zero attached hydrogens (tertiary/aromatic N) is 3. The van der Waals surface area contributed by atoms with Crippen molar-refractivity contribution < 1.29 is 13.2 Å². The average molecular weight is 434 g/mol. The van der Waals surface area contributed by atoms with Crippen LogP contribution in [0.3, 0.4) is 0 Å². The molecule has 1 aliphatic heterocycles. The maximum atomic E-state index is 8.29. The summed E-state index contributed by atoms with van der Waals surface area (Å²) in [5, 5.41) is 1.62. The van der Waals surface area contributed by atoms with Crippen LogP contribution in [0.2, 0.25) is 5.15 Å². The third-order valence-electron chi connectivity index (χ3n) is 4.98. The van der Waals surface area contributed by atoms with E-state index in [0.29, 0.717) is 5.15 Å². The highest BCUT2D eigenvalue weighted by Gasteiger charge is 2.15. The van der Waals surface area contributed by atoms with E-state index in [-0.39, 0.29) is 0 Å². The second kappa shape index (κ2) is 10.6. The maximum Gasteiger partial charge on any atom is 0.335 e. The Kier molecular flexibility index (Phi) is 7.94. The van der Waals surface area contributed by atoms with E-state index < -0.39 is 11.6 Å². The van der Waals surface area contributed by atoms with Crippen molar-refractivity contribution in [1.29, 1.82) is 0 Å². The number of para-hydroxylation sites is 1. The Hall–Kier alpha value is -2.06. The summed E-state index contributed by atoms with van der Waals surface area (Å²) in [6.07, 6.45) is 2.13. The van der Waals surface area contributed by atoms with Crippen molar-refractivity contribution >= 4 is 34.1 Å². The number of aryl methyl sites for hydroxylation is 2. The predicted molar refractivity (Wildman–Crippen MR) is 115 cm³/mol. The fourth-order valence-electron chi connectivity index (χ4n) is 3.71. The topological polar surface area (TPSA) is 64.4 Å². The van der Waals surface area contributed by atoms with Crippen LogP contribution in [0.25, 0.3) is 16.6 Å². The number of pyridine rings is 1. The van der Waals surface area contributed by atoms with E-state index >= 15 is 0 Å². The molecule has 8 heteroatoms. The Balaban J connectivity index is 0.000000755. The molecule has 2 aromatic heterocycles. The van der Waals surface area contributed by atoms with Crippen LogP contribution >= 0.6 is 11.6 Å². The lowest BCUT2D eigenvalue weighted by Crippen LogP contribution is -2.37. The van der Waals surface area contributed by atoms with Gasteiger partial charge in [-0.05, 0) is 50.6 Å². The molecule has 0 amide bonds. The maximum absolute atomic E-state index is 8.29. The minimum atomic E-state index is -0.750. The lowest BCUT2D eigenvalue weighted by molar-refractivity contribution is 0.0374. The SMILES string of the molecule is Cc1cc2c(cc(CCCN3CCOCC3)n2-c2ccccc2)c(Cl)n1.O=S=O. The molecule has 3 heterocycles. The van der Waals surface area contributed by atoms with Gasteiger partial charge in [0.05, 0.1) is 18.7 Å². The molecule has 0 aliphatic carbocycles. The molecule has 0 spiro atoms. The predicted octanol–water partition coefficient (Wildman–Crippen LogP) is 3.58. The van der Waals surface area contributed by atoms with Crippen LogP contribution in [0.1, 0.15) is 17.8 Å². The van der Waals surface area contributed by atoms with E-state index in [9.17, 15) is 0 Å². The van der Waals surface area contributed by atoms with Crippen molar-refractivity contribution in [1.82, 2.24) is 14.5 Å². The van der Waals surface area contributed by atoms with Gasteiger partial charge in [0.15, 0.2) is 0 Å². The smallest absolute Gasteiger partial charge is 0.335 e. The Labute approximate surface area is 179 Å². The second-order valence-corrected chi connectivity index (χ2v) is 7.41. The minimum absolute atomic E-state index is 0.587. The van der Waals surface area contributed by atoms with E-state index in [2.05, 4.69) is 50.8 Å². The van der Waals surface area contributed by atoms with Crippen LogP contribution in [0.4, 0.5) is 0 Å². The van der Waals surface area contributed by atoms with E-state index in [1.165, 1.54) is 11.4 Å². The first kappa shape index (κ1) is 21.6. The van der Waals surface area contributed by atoms with Crippen LogP contribution in [-0.4, -0.2) is 55.7 Å². The summed E-state index contributed by atoms with van der Waals surface area (Å²) in [4.78, 5) is 6.92. The Bertz CT molecular complexity index is 982. The molecule has 0 unspecified atom stereocenters. The normalized spacial score (nSPS) is 14.4. The molecule has 0 atom stereocenters. The van der Waals surface area contributed by atoms with Gasteiger partial charge in [-0.25, -0.2) is 4.98 Å². The first-order chi connectivity index (χ1) is 14.1. The number of ether oxygens (including phenoxy) is 1. The van der Waals surface area contributed by atoms with Crippen molar-refractivity contribution in [3.05, 3.63) is 59.0 Å². The monoisotopic (exact) mass is 433 g/mol. The summed E-state index contributed by atoms with van der Waals surface area (Å²) >= 11 is 5.69. The van der Waals surface area contributed by atoms with E-state index in [0.717, 1.165) is 62.3 Å². The molecule has 0 saturated carbocycles. The number of morpholine rings is 1. The fraction of sp³-hybridized carbons (Fsp3) is 0.381. The lowest BCUT2D eigenvalue weighted by Gasteiger charge is -2.26. The van der Waals surface area contributed by atoms with Crippen LogP contribution in [0.5, 0.6) is 0 Å². The highest BCUT2D eigenvalue weighted by molar-refractivity contribution is 7.51. The van der Waals surface area contributed by atoms with E-state index in [1.54, 1.807) is 0 Å². The molecule has 29 heavy (non-hydrogen) atoms. The van der Waals surface area contributed by atoms with E-state index in [4.69, 9.17) is 24.8 Å². The summed E-state index contributed by atoms with van der Waals surface area (Å²) in [5.74, 6) is 0. The fourth-order valence-corrected chi connectivity index (χ4v) is 3.99. The quantitative estimate of drug-likeness (QED) is 0.575. The van der Waals surface area contributed by atoms with Crippen molar-refractivity contribution in [3.63, 3.8) is 0 Å². The zero-order valence-electron chi connectivity index (χ0n) is 16.3. The number of rotatable bonds is 5. The standard InChI is InChI=1S/C21H24ClN3O.O2S/c1-16-14-20-19(21(22)23-16)15-18(25(20)17-6-3-2-4-7-17)8-5-9-24-10-12-26-13-11-24;1-3-2/h2-4,6-7,14-15H,5,8-13H2,1H3;. The van der Waals surface area contributed by atoms with Crippen molar-refractivity contribution in [2.75, 3.05) is 32.8 Å². The second-order valence-electron chi connectivity index (χ2n) is 6.92. The van der Waals surface area contributed by atoms with Gasteiger partial charge in [-0.15, -0.1) is 0 Å². The third kappa shape index (κ3) is 5.51. The molecule has 1 saturated heterocycles. The van der Waals surface area contributed by atoms with Crippen LogP contribution in [0.15, 0.2) is 42.5 Å². The van der Waals surface area contributed by atoms with Gasteiger partial charge in [-0.1, -0.05) is 29.8 Å². The molecule has 1 fully saturated rings. The zero-order chi connectivity index (χ0) is 20.6. The summed E-state index contributed by atoms with van der Waals surface area (Å²) < 4.78 is 24.4. The van der Waals surface area contributed by atoms with Crippen molar-refractivity contribution in [2.45, 2.75) is 19.8 Å². The molecular formula is C21H24ClN3O3S. The number of aromatic nitrogens is 2. The molecule has 154 valence electrons. The van der Waals surface area contributed by atoms with Gasteiger partial charge in [0.1, 0.15) is 5.15 Å². The highest BCUT2D eigenvalue weighted by atomic mass is 35.5. The van der Waals surface area contributed by atoms with Gasteiger partial charge in [0, 0.05) is 35.6 Å². The summed E-state index contributed by atoms with van der Waals surface area (Å²) in [5.41, 5.74) is 4.53.